The van der Waals surface area contributed by atoms with Crippen LogP contribution in [0.4, 0.5) is 0 Å². The first kappa shape index (κ1) is 15.9. The Morgan fingerprint density at radius 3 is 2.90 bits per heavy atom. The van der Waals surface area contributed by atoms with E-state index in [1.54, 1.807) is 0 Å². The van der Waals surface area contributed by atoms with Gasteiger partial charge in [0.1, 0.15) is 9.77 Å². The van der Waals surface area contributed by atoms with Crippen molar-refractivity contribution in [1.29, 1.82) is 0 Å². The first-order valence-corrected chi connectivity index (χ1v) is 9.01. The normalized spacial score (nSPS) is 21.6. The third kappa shape index (κ3) is 3.22. The number of aromatic carboxylic acids is 1. The number of carboxylic acid groups (broad SMARTS) is 1. The molecule has 1 unspecified atom stereocenters. The fourth-order valence-electron chi connectivity index (χ4n) is 1.95. The molecule has 1 aliphatic heterocycles. The van der Waals surface area contributed by atoms with Gasteiger partial charge in [-0.1, -0.05) is 0 Å². The highest BCUT2D eigenvalue weighted by Gasteiger charge is 2.31. The second-order valence-corrected chi connectivity index (χ2v) is 8.73. The minimum atomic E-state index is -3.71. The quantitative estimate of drug-likeness (QED) is 0.862. The third-order valence-electron chi connectivity index (χ3n) is 2.90. The van der Waals surface area contributed by atoms with Crippen molar-refractivity contribution in [1.82, 2.24) is 4.31 Å². The highest BCUT2D eigenvalue weighted by atomic mass is 79.9. The zero-order valence-electron chi connectivity index (χ0n) is 10.7. The van der Waals surface area contributed by atoms with Gasteiger partial charge in [0.05, 0.1) is 9.89 Å². The summed E-state index contributed by atoms with van der Waals surface area (Å²) in [4.78, 5) is 10.9. The predicted molar refractivity (Wildman–Crippen MR) is 77.8 cm³/mol. The highest BCUT2D eigenvalue weighted by Crippen LogP contribution is 2.34. The number of nitrogens with zero attached hydrogens (tertiary/aromatic N) is 1. The number of carbonyl (C=O) groups is 1. The summed E-state index contributed by atoms with van der Waals surface area (Å²) in [6.07, 6.45) is 0.445. The van der Waals surface area contributed by atoms with Crippen LogP contribution in [0, 0.1) is 0 Å². The third-order valence-corrected chi connectivity index (χ3v) is 7.00. The van der Waals surface area contributed by atoms with E-state index in [2.05, 4.69) is 15.9 Å². The molecule has 1 saturated heterocycles. The standard InChI is InChI=1S/C11H14BrNO5S2/c1-7-6-13(3-2-4-18-7)20(16,17)9-5-8(11(14)15)19-10(9)12/h5,7H,2-4,6H2,1H3,(H,14,15). The second kappa shape index (κ2) is 6.10. The molecule has 0 amide bonds. The van der Waals surface area contributed by atoms with Crippen molar-refractivity contribution in [2.75, 3.05) is 19.7 Å². The van der Waals surface area contributed by atoms with Gasteiger partial charge in [-0.15, -0.1) is 11.3 Å². The van der Waals surface area contributed by atoms with Gasteiger partial charge in [-0.3, -0.25) is 0 Å². The van der Waals surface area contributed by atoms with Crippen LogP contribution >= 0.6 is 27.3 Å². The Labute approximate surface area is 129 Å². The summed E-state index contributed by atoms with van der Waals surface area (Å²) in [6.45, 7) is 2.99. The molecule has 1 aromatic heterocycles. The van der Waals surface area contributed by atoms with Crippen molar-refractivity contribution in [2.24, 2.45) is 0 Å². The fourth-order valence-corrected chi connectivity index (χ4v) is 5.85. The molecule has 9 heteroatoms. The van der Waals surface area contributed by atoms with Crippen LogP contribution in [0.5, 0.6) is 0 Å². The first-order valence-electron chi connectivity index (χ1n) is 5.96. The number of sulfonamides is 1. The van der Waals surface area contributed by atoms with E-state index >= 15 is 0 Å². The van der Waals surface area contributed by atoms with Crippen LogP contribution in [0.3, 0.4) is 0 Å². The van der Waals surface area contributed by atoms with Gasteiger partial charge in [0.15, 0.2) is 0 Å². The van der Waals surface area contributed by atoms with Crippen molar-refractivity contribution in [2.45, 2.75) is 24.3 Å². The summed E-state index contributed by atoms with van der Waals surface area (Å²) >= 11 is 4.04. The van der Waals surface area contributed by atoms with Gasteiger partial charge in [-0.25, -0.2) is 13.2 Å². The number of rotatable bonds is 3. The van der Waals surface area contributed by atoms with Gasteiger partial charge in [-0.2, -0.15) is 4.31 Å². The Bertz CT molecular complexity index is 612. The lowest BCUT2D eigenvalue weighted by Crippen LogP contribution is -2.35. The van der Waals surface area contributed by atoms with E-state index in [1.807, 2.05) is 6.92 Å². The average molecular weight is 384 g/mol. The maximum absolute atomic E-state index is 12.6. The van der Waals surface area contributed by atoms with Gasteiger partial charge < -0.3 is 9.84 Å². The Kier molecular flexibility index (Phi) is 4.85. The molecule has 2 rings (SSSR count). The molecular weight excluding hydrogens is 370 g/mol. The van der Waals surface area contributed by atoms with Gasteiger partial charge in [-0.05, 0) is 35.3 Å². The second-order valence-electron chi connectivity index (χ2n) is 4.45. The summed E-state index contributed by atoms with van der Waals surface area (Å²) in [5, 5.41) is 8.95. The molecule has 6 nitrogen and oxygen atoms in total. The molecule has 2 heterocycles. The molecule has 0 saturated carbocycles. The summed E-state index contributed by atoms with van der Waals surface area (Å²) in [7, 11) is -3.71. The van der Waals surface area contributed by atoms with E-state index in [9.17, 15) is 13.2 Å². The lowest BCUT2D eigenvalue weighted by atomic mass is 10.4. The number of hydrogen-bond acceptors (Lipinski definition) is 5. The molecule has 0 aliphatic carbocycles. The van der Waals surface area contributed by atoms with Gasteiger partial charge in [0.2, 0.25) is 10.0 Å². The Hall–Kier alpha value is -0.480. The van der Waals surface area contributed by atoms with Crippen LogP contribution in [0.1, 0.15) is 23.0 Å². The molecule has 0 spiro atoms. The molecule has 112 valence electrons. The topological polar surface area (TPSA) is 83.9 Å². The molecule has 0 radical (unpaired) electrons. The fraction of sp³-hybridized carbons (Fsp3) is 0.545. The zero-order valence-corrected chi connectivity index (χ0v) is 13.9. The molecular formula is C11H14BrNO5S2. The molecule has 1 aromatic rings. The van der Waals surface area contributed by atoms with Crippen LogP contribution in [0.15, 0.2) is 14.7 Å². The van der Waals surface area contributed by atoms with E-state index in [4.69, 9.17) is 9.84 Å². The number of thiophene rings is 1. The Morgan fingerprint density at radius 1 is 1.60 bits per heavy atom. The highest BCUT2D eigenvalue weighted by molar-refractivity contribution is 9.11. The molecule has 0 bridgehead atoms. The minimum Gasteiger partial charge on any atom is -0.477 e. The van der Waals surface area contributed by atoms with Crippen molar-refractivity contribution >= 4 is 43.3 Å². The van der Waals surface area contributed by atoms with E-state index < -0.39 is 16.0 Å². The van der Waals surface area contributed by atoms with Crippen molar-refractivity contribution in [3.63, 3.8) is 0 Å². The van der Waals surface area contributed by atoms with E-state index in [0.717, 1.165) is 11.3 Å². The number of halogens is 1. The monoisotopic (exact) mass is 383 g/mol. The summed E-state index contributed by atoms with van der Waals surface area (Å²) in [5.74, 6) is -1.13. The predicted octanol–water partition coefficient (Wildman–Crippen LogP) is 2.01. The van der Waals surface area contributed by atoms with Crippen LogP contribution < -0.4 is 0 Å². The largest absolute Gasteiger partial charge is 0.477 e. The molecule has 20 heavy (non-hydrogen) atoms. The molecule has 0 aromatic carbocycles. The van der Waals surface area contributed by atoms with Crippen LogP contribution in [0.25, 0.3) is 0 Å². The Balaban J connectivity index is 2.36. The van der Waals surface area contributed by atoms with Crippen LogP contribution in [-0.2, 0) is 14.8 Å². The summed E-state index contributed by atoms with van der Waals surface area (Å²) in [5.41, 5.74) is 0. The Morgan fingerprint density at radius 2 is 2.30 bits per heavy atom. The summed E-state index contributed by atoms with van der Waals surface area (Å²) < 4.78 is 32.3. The number of carboxylic acids is 1. The molecule has 1 N–H and O–H groups in total. The lowest BCUT2D eigenvalue weighted by Gasteiger charge is -2.21. The average Bonchev–Trinajstić information content (AvgIpc) is 2.62. The smallest absolute Gasteiger partial charge is 0.345 e. The maximum Gasteiger partial charge on any atom is 0.345 e. The molecule has 1 atom stereocenters. The SMILES string of the molecule is CC1CN(S(=O)(=O)c2cc(C(=O)O)sc2Br)CCCO1. The van der Waals surface area contributed by atoms with Gasteiger partial charge in [0.25, 0.3) is 0 Å². The molecule has 1 fully saturated rings. The van der Waals surface area contributed by atoms with Gasteiger partial charge in [0, 0.05) is 19.7 Å². The number of hydrogen-bond donors (Lipinski definition) is 1. The van der Waals surface area contributed by atoms with Crippen molar-refractivity contribution in [3.05, 3.63) is 14.7 Å². The maximum atomic E-state index is 12.6. The first-order chi connectivity index (χ1) is 9.32. The van der Waals surface area contributed by atoms with Crippen LogP contribution in [-0.4, -0.2) is 49.6 Å². The van der Waals surface area contributed by atoms with E-state index in [-0.39, 0.29) is 22.4 Å². The molecule has 1 aliphatic rings. The van der Waals surface area contributed by atoms with E-state index in [1.165, 1.54) is 10.4 Å². The lowest BCUT2D eigenvalue weighted by molar-refractivity contribution is 0.0701. The van der Waals surface area contributed by atoms with Crippen molar-refractivity contribution in [3.8, 4) is 0 Å². The number of ether oxygens (including phenoxy) is 1. The zero-order chi connectivity index (χ0) is 14.9. The van der Waals surface area contributed by atoms with Crippen LogP contribution in [0.2, 0.25) is 0 Å². The van der Waals surface area contributed by atoms with Gasteiger partial charge >= 0.3 is 5.97 Å². The van der Waals surface area contributed by atoms with Crippen molar-refractivity contribution < 1.29 is 23.1 Å². The van der Waals surface area contributed by atoms with E-state index in [0.29, 0.717) is 23.4 Å². The minimum absolute atomic E-state index is 0.00503. The summed E-state index contributed by atoms with van der Waals surface area (Å²) in [6, 6.07) is 1.20.